The van der Waals surface area contributed by atoms with Crippen molar-refractivity contribution in [2.45, 2.75) is 25.3 Å². The van der Waals surface area contributed by atoms with Crippen molar-refractivity contribution in [3.63, 3.8) is 0 Å². The average molecular weight is 382 g/mol. The first kappa shape index (κ1) is 18.0. The van der Waals surface area contributed by atoms with Crippen molar-refractivity contribution in [3.05, 3.63) is 29.3 Å². The Kier molecular flexibility index (Phi) is 4.90. The van der Waals surface area contributed by atoms with E-state index in [0.29, 0.717) is 23.1 Å². The van der Waals surface area contributed by atoms with E-state index >= 15 is 0 Å². The third-order valence-electron chi connectivity index (χ3n) is 4.65. The van der Waals surface area contributed by atoms with E-state index in [4.69, 9.17) is 15.2 Å². The van der Waals surface area contributed by atoms with Gasteiger partial charge in [-0.2, -0.15) is 0 Å². The zero-order valence-electron chi connectivity index (χ0n) is 13.8. The first-order valence-electron chi connectivity index (χ1n) is 7.97. The van der Waals surface area contributed by atoms with E-state index in [1.54, 1.807) is 6.20 Å². The van der Waals surface area contributed by atoms with Gasteiger partial charge in [0.2, 0.25) is 6.79 Å². The topological polar surface area (TPSA) is 86.5 Å². The monoisotopic (exact) mass is 381 g/mol. The molecule has 0 radical (unpaired) electrons. The van der Waals surface area contributed by atoms with Gasteiger partial charge in [0.1, 0.15) is 9.88 Å². The van der Waals surface area contributed by atoms with Crippen molar-refractivity contribution in [2.24, 2.45) is 11.7 Å². The van der Waals surface area contributed by atoms with Crippen LogP contribution in [0, 0.1) is 5.92 Å². The van der Waals surface area contributed by atoms with Crippen LogP contribution in [-0.2, 0) is 0 Å². The molecule has 2 aliphatic rings. The van der Waals surface area contributed by atoms with Crippen LogP contribution in [0.5, 0.6) is 11.5 Å². The number of amides is 1. The molecule has 8 heteroatoms. The van der Waals surface area contributed by atoms with Gasteiger partial charge in [0.25, 0.3) is 5.91 Å². The van der Waals surface area contributed by atoms with Gasteiger partial charge in [-0.05, 0) is 43.9 Å². The molecule has 1 aromatic heterocycles. The van der Waals surface area contributed by atoms with Crippen molar-refractivity contribution < 1.29 is 14.3 Å². The van der Waals surface area contributed by atoms with Crippen LogP contribution >= 0.6 is 23.7 Å². The third-order valence-corrected chi connectivity index (χ3v) is 5.70. The quantitative estimate of drug-likeness (QED) is 0.831. The second kappa shape index (κ2) is 6.82. The third kappa shape index (κ3) is 3.44. The Hall–Kier alpha value is -1.83. The van der Waals surface area contributed by atoms with Crippen LogP contribution in [0.2, 0.25) is 0 Å². The zero-order chi connectivity index (χ0) is 16.7. The first-order chi connectivity index (χ1) is 11.6. The van der Waals surface area contributed by atoms with Crippen molar-refractivity contribution in [1.82, 2.24) is 10.3 Å². The number of halogens is 1. The lowest BCUT2D eigenvalue weighted by molar-refractivity contribution is 0.0902. The predicted molar refractivity (Wildman–Crippen MR) is 98.6 cm³/mol. The number of thiazole rings is 1. The van der Waals surface area contributed by atoms with Gasteiger partial charge >= 0.3 is 0 Å². The molecular formula is C17H20ClN3O3S. The fourth-order valence-corrected chi connectivity index (χ4v) is 3.71. The van der Waals surface area contributed by atoms with E-state index in [1.807, 2.05) is 25.1 Å². The highest BCUT2D eigenvalue weighted by molar-refractivity contribution is 7.16. The Balaban J connectivity index is 0.00000182. The molecule has 1 unspecified atom stereocenters. The van der Waals surface area contributed by atoms with Gasteiger partial charge in [0.05, 0.1) is 11.7 Å². The number of nitrogens with two attached hydrogens (primary N) is 1. The number of rotatable bonds is 5. The van der Waals surface area contributed by atoms with Crippen LogP contribution in [-0.4, -0.2) is 29.8 Å². The Bertz CT molecular complexity index is 793. The smallest absolute Gasteiger partial charge is 0.263 e. The lowest BCUT2D eigenvalue weighted by atomic mass is 9.96. The average Bonchev–Trinajstić information content (AvgIpc) is 3.16. The van der Waals surface area contributed by atoms with E-state index in [1.165, 1.54) is 11.3 Å². The predicted octanol–water partition coefficient (Wildman–Crippen LogP) is 2.82. The van der Waals surface area contributed by atoms with Crippen LogP contribution < -0.4 is 20.5 Å². The number of hydrogen-bond donors (Lipinski definition) is 2. The molecule has 134 valence electrons. The molecule has 0 saturated heterocycles. The van der Waals surface area contributed by atoms with Crippen LogP contribution in [0.15, 0.2) is 24.4 Å². The maximum absolute atomic E-state index is 12.5. The number of hydrogen-bond acceptors (Lipinski definition) is 6. The molecule has 1 aromatic carbocycles. The largest absolute Gasteiger partial charge is 0.454 e. The Morgan fingerprint density at radius 3 is 2.88 bits per heavy atom. The van der Waals surface area contributed by atoms with Gasteiger partial charge in [-0.15, -0.1) is 23.7 Å². The van der Waals surface area contributed by atoms with Crippen LogP contribution in [0.4, 0.5) is 0 Å². The minimum absolute atomic E-state index is 0. The molecule has 1 amide bonds. The summed E-state index contributed by atoms with van der Waals surface area (Å²) >= 11 is 1.36. The molecule has 0 bridgehead atoms. The molecule has 1 aliphatic heterocycles. The van der Waals surface area contributed by atoms with Crippen molar-refractivity contribution in [3.8, 4) is 22.1 Å². The number of carbonyl (C=O) groups excluding carboxylic acids is 1. The molecule has 25 heavy (non-hydrogen) atoms. The highest BCUT2D eigenvalue weighted by Gasteiger charge is 2.41. The van der Waals surface area contributed by atoms with E-state index < -0.39 is 0 Å². The van der Waals surface area contributed by atoms with Gasteiger partial charge in [-0.1, -0.05) is 0 Å². The summed E-state index contributed by atoms with van der Waals surface area (Å²) in [5.41, 5.74) is 6.45. The minimum Gasteiger partial charge on any atom is -0.454 e. The number of aromatic nitrogens is 1. The van der Waals surface area contributed by atoms with Gasteiger partial charge in [0.15, 0.2) is 11.5 Å². The maximum Gasteiger partial charge on any atom is 0.263 e. The van der Waals surface area contributed by atoms with Gasteiger partial charge in [-0.3, -0.25) is 4.79 Å². The zero-order valence-corrected chi connectivity index (χ0v) is 15.4. The SMILES string of the molecule is CC(CN)(NC(=O)c1cnc(-c2ccc3c(c2)OCO3)s1)C1CC1.Cl. The number of nitrogens with one attached hydrogen (secondary N) is 1. The number of carbonyl (C=O) groups is 1. The maximum atomic E-state index is 12.5. The molecule has 2 heterocycles. The fraction of sp³-hybridized carbons (Fsp3) is 0.412. The summed E-state index contributed by atoms with van der Waals surface area (Å²) in [5, 5.41) is 3.87. The second-order valence-electron chi connectivity index (χ2n) is 6.45. The van der Waals surface area contributed by atoms with E-state index in [2.05, 4.69) is 10.3 Å². The number of nitrogens with zero attached hydrogens (tertiary/aromatic N) is 1. The summed E-state index contributed by atoms with van der Waals surface area (Å²) in [5.74, 6) is 1.81. The molecule has 3 N–H and O–H groups in total. The highest BCUT2D eigenvalue weighted by Crippen LogP contribution is 2.40. The fourth-order valence-electron chi connectivity index (χ4n) is 2.90. The Morgan fingerprint density at radius 2 is 2.16 bits per heavy atom. The molecule has 4 rings (SSSR count). The lowest BCUT2D eigenvalue weighted by Gasteiger charge is -2.29. The molecule has 1 saturated carbocycles. The number of ether oxygens (including phenoxy) is 2. The first-order valence-corrected chi connectivity index (χ1v) is 8.79. The Morgan fingerprint density at radius 1 is 1.40 bits per heavy atom. The molecule has 1 fully saturated rings. The van der Waals surface area contributed by atoms with Crippen LogP contribution in [0.25, 0.3) is 10.6 Å². The molecular weight excluding hydrogens is 362 g/mol. The summed E-state index contributed by atoms with van der Waals surface area (Å²) < 4.78 is 10.7. The van der Waals surface area contributed by atoms with Crippen molar-refractivity contribution >= 4 is 29.7 Å². The van der Waals surface area contributed by atoms with E-state index in [-0.39, 0.29) is 30.6 Å². The van der Waals surface area contributed by atoms with Gasteiger partial charge in [0, 0.05) is 12.1 Å². The van der Waals surface area contributed by atoms with Crippen molar-refractivity contribution in [1.29, 1.82) is 0 Å². The number of fused-ring (bicyclic) bond motifs is 1. The summed E-state index contributed by atoms with van der Waals surface area (Å²) in [4.78, 5) is 17.5. The van der Waals surface area contributed by atoms with Crippen LogP contribution in [0.3, 0.4) is 0 Å². The van der Waals surface area contributed by atoms with Gasteiger partial charge < -0.3 is 20.5 Å². The summed E-state index contributed by atoms with van der Waals surface area (Å²) in [6.45, 7) is 2.70. The minimum atomic E-state index is -0.333. The summed E-state index contributed by atoms with van der Waals surface area (Å²) in [6.07, 6.45) is 3.86. The van der Waals surface area contributed by atoms with E-state index in [0.717, 1.165) is 29.2 Å². The van der Waals surface area contributed by atoms with E-state index in [9.17, 15) is 4.79 Å². The molecule has 6 nitrogen and oxygen atoms in total. The standard InChI is InChI=1S/C17H19N3O3S.ClH/c1-17(8-18,11-3-4-11)20-15(21)14-7-19-16(24-14)10-2-5-12-13(6-10)23-9-22-12;/h2,5-7,11H,3-4,8-9,18H2,1H3,(H,20,21);1H. The van der Waals surface area contributed by atoms with Gasteiger partial charge in [-0.25, -0.2) is 4.98 Å². The molecule has 0 spiro atoms. The van der Waals surface area contributed by atoms with Crippen molar-refractivity contribution in [2.75, 3.05) is 13.3 Å². The molecule has 2 aromatic rings. The molecule has 1 atom stereocenters. The Labute approximate surface area is 156 Å². The normalized spacial score (nSPS) is 17.5. The molecule has 1 aliphatic carbocycles. The van der Waals surface area contributed by atoms with Crippen LogP contribution in [0.1, 0.15) is 29.4 Å². The summed E-state index contributed by atoms with van der Waals surface area (Å²) in [6, 6.07) is 5.66. The summed E-state index contributed by atoms with van der Waals surface area (Å²) in [7, 11) is 0. The lowest BCUT2D eigenvalue weighted by Crippen LogP contribution is -2.53. The number of benzene rings is 1. The second-order valence-corrected chi connectivity index (χ2v) is 7.48. The highest BCUT2D eigenvalue weighted by atomic mass is 35.5.